The molecule has 0 unspecified atom stereocenters. The van der Waals surface area contributed by atoms with E-state index in [1.165, 1.54) is 13.0 Å². The molecule has 0 aliphatic carbocycles. The third-order valence-corrected chi connectivity index (χ3v) is 6.40. The number of carbonyl (C=O) groups excluding carboxylic acids is 1. The molecule has 0 aliphatic rings. The van der Waals surface area contributed by atoms with Gasteiger partial charge in [0.05, 0.1) is 0 Å². The van der Waals surface area contributed by atoms with E-state index >= 15 is 0 Å². The van der Waals surface area contributed by atoms with Crippen LogP contribution in [0.4, 0.5) is 5.69 Å². The van der Waals surface area contributed by atoms with Gasteiger partial charge in [0.15, 0.2) is 9.99 Å². The molecule has 4 nitrogen and oxygen atoms in total. The van der Waals surface area contributed by atoms with Crippen LogP contribution >= 0.6 is 27.3 Å². The molecular weight excluding hydrogens is 350 g/mol. The summed E-state index contributed by atoms with van der Waals surface area (Å²) in [6.07, 6.45) is 0. The first-order valence-electron chi connectivity index (χ1n) is 5.27. The summed E-state index contributed by atoms with van der Waals surface area (Å²) in [7, 11) is -3.63. The number of rotatable bonds is 4. The second-order valence-corrected chi connectivity index (χ2v) is 7.45. The number of carbonyl (C=O) groups is 1. The molecule has 2 rings (SSSR count). The monoisotopic (exact) mass is 359 g/mol. The third-order valence-electron chi connectivity index (χ3n) is 2.35. The van der Waals surface area contributed by atoms with Crippen LogP contribution in [0.2, 0.25) is 0 Å². The largest absolute Gasteiger partial charge is 0.295 e. The Labute approximate surface area is 123 Å². The van der Waals surface area contributed by atoms with Crippen molar-refractivity contribution in [2.45, 2.75) is 11.1 Å². The molecule has 0 aliphatic heterocycles. The molecule has 0 saturated heterocycles. The van der Waals surface area contributed by atoms with Crippen LogP contribution in [0.5, 0.6) is 0 Å². The number of hydrogen-bond acceptors (Lipinski definition) is 4. The molecule has 0 spiro atoms. The molecule has 2 aromatic rings. The van der Waals surface area contributed by atoms with Gasteiger partial charge in [0.2, 0.25) is 0 Å². The van der Waals surface area contributed by atoms with Crippen molar-refractivity contribution in [3.8, 4) is 0 Å². The first-order valence-corrected chi connectivity index (χ1v) is 8.42. The normalized spacial score (nSPS) is 11.3. The average molecular weight is 360 g/mol. The Kier molecular flexibility index (Phi) is 4.07. The van der Waals surface area contributed by atoms with Gasteiger partial charge in [0, 0.05) is 15.7 Å². The second-order valence-electron chi connectivity index (χ2n) is 3.80. The van der Waals surface area contributed by atoms with Gasteiger partial charge in [0.25, 0.3) is 10.0 Å². The predicted molar refractivity (Wildman–Crippen MR) is 79.3 cm³/mol. The summed E-state index contributed by atoms with van der Waals surface area (Å²) in [6.45, 7) is 1.43. The summed E-state index contributed by atoms with van der Waals surface area (Å²) >= 11 is 4.31. The highest BCUT2D eigenvalue weighted by Crippen LogP contribution is 2.29. The van der Waals surface area contributed by atoms with Gasteiger partial charge < -0.3 is 0 Å². The smallest absolute Gasteiger partial charge is 0.272 e. The molecule has 1 heterocycles. The lowest BCUT2D eigenvalue weighted by molar-refractivity contribution is 0.101. The molecule has 0 bridgehead atoms. The maximum Gasteiger partial charge on any atom is 0.272 e. The molecule has 19 heavy (non-hydrogen) atoms. The maximum absolute atomic E-state index is 12.1. The fourth-order valence-corrected chi connectivity index (χ4v) is 4.86. The van der Waals surface area contributed by atoms with Gasteiger partial charge in [-0.05, 0) is 46.4 Å². The van der Waals surface area contributed by atoms with Crippen molar-refractivity contribution < 1.29 is 13.2 Å². The highest BCUT2D eigenvalue weighted by atomic mass is 79.9. The molecule has 100 valence electrons. The van der Waals surface area contributed by atoms with Gasteiger partial charge in [-0.25, -0.2) is 8.42 Å². The topological polar surface area (TPSA) is 63.2 Å². The number of ketones is 1. The van der Waals surface area contributed by atoms with Gasteiger partial charge in [-0.1, -0.05) is 12.1 Å². The summed E-state index contributed by atoms with van der Waals surface area (Å²) in [5.74, 6) is -0.113. The predicted octanol–water partition coefficient (Wildman–Crippen LogP) is 3.51. The number of halogens is 1. The number of benzene rings is 1. The zero-order chi connectivity index (χ0) is 14.0. The van der Waals surface area contributed by atoms with Crippen molar-refractivity contribution >= 4 is 48.8 Å². The summed E-state index contributed by atoms with van der Waals surface area (Å²) in [5, 5.41) is 1.69. The van der Waals surface area contributed by atoms with Crippen molar-refractivity contribution in [1.29, 1.82) is 0 Å². The maximum atomic E-state index is 12.1. The van der Waals surface area contributed by atoms with E-state index < -0.39 is 10.0 Å². The average Bonchev–Trinajstić information content (AvgIpc) is 2.76. The van der Waals surface area contributed by atoms with E-state index in [2.05, 4.69) is 20.7 Å². The summed E-state index contributed by atoms with van der Waals surface area (Å²) < 4.78 is 27.5. The number of hydrogen-bond donors (Lipinski definition) is 1. The number of nitrogens with one attached hydrogen (secondary N) is 1. The summed E-state index contributed by atoms with van der Waals surface area (Å²) in [6, 6.07) is 8.07. The lowest BCUT2D eigenvalue weighted by Gasteiger charge is -2.07. The minimum absolute atomic E-state index is 0.113. The fraction of sp³-hybridized carbons (Fsp3) is 0.0833. The summed E-state index contributed by atoms with van der Waals surface area (Å²) in [4.78, 5) is 11.3. The van der Waals surface area contributed by atoms with Gasteiger partial charge in [-0.15, -0.1) is 11.3 Å². The van der Waals surface area contributed by atoms with Gasteiger partial charge >= 0.3 is 0 Å². The molecule has 0 radical (unpaired) electrons. The van der Waals surface area contributed by atoms with Crippen LogP contribution in [-0.2, 0) is 10.0 Å². The lowest BCUT2D eigenvalue weighted by Crippen LogP contribution is -2.12. The Morgan fingerprint density at radius 1 is 1.32 bits per heavy atom. The molecule has 0 saturated carbocycles. The van der Waals surface area contributed by atoms with Gasteiger partial charge in [-0.2, -0.15) is 0 Å². The van der Waals surface area contributed by atoms with Crippen molar-refractivity contribution in [3.63, 3.8) is 0 Å². The molecule has 1 aromatic heterocycles. The molecule has 0 fully saturated rings. The number of sulfonamides is 1. The molecular formula is C12H10BrNO3S2. The Hall–Kier alpha value is -1.18. The Morgan fingerprint density at radius 2 is 2.05 bits per heavy atom. The lowest BCUT2D eigenvalue weighted by atomic mass is 10.1. The zero-order valence-electron chi connectivity index (χ0n) is 9.88. The van der Waals surface area contributed by atoms with Crippen LogP contribution in [0, 0.1) is 0 Å². The number of anilines is 1. The molecule has 7 heteroatoms. The van der Waals surface area contributed by atoms with E-state index in [0.29, 0.717) is 15.7 Å². The first kappa shape index (κ1) is 14.2. The van der Waals surface area contributed by atoms with E-state index in [9.17, 15) is 13.2 Å². The Morgan fingerprint density at radius 3 is 2.63 bits per heavy atom. The minimum atomic E-state index is -3.63. The minimum Gasteiger partial charge on any atom is -0.295 e. The van der Waals surface area contributed by atoms with E-state index in [-0.39, 0.29) is 9.99 Å². The summed E-state index contributed by atoms with van der Waals surface area (Å²) in [5.41, 5.74) is 0.832. The van der Waals surface area contributed by atoms with Crippen molar-refractivity contribution in [3.05, 3.63) is 45.7 Å². The Bertz CT molecular complexity index is 722. The fourth-order valence-electron chi connectivity index (χ4n) is 1.47. The Balaban J connectivity index is 2.34. The highest BCUT2D eigenvalue weighted by molar-refractivity contribution is 9.10. The van der Waals surface area contributed by atoms with Crippen LogP contribution in [-0.4, -0.2) is 14.2 Å². The standard InChI is InChI=1S/C12H10BrNO3S2/c1-8(15)9-3-2-4-10(7-9)14-19(16,17)12-11(13)5-6-18-12/h2-7,14H,1H3. The van der Waals surface area contributed by atoms with Crippen LogP contribution in [0.15, 0.2) is 44.4 Å². The van der Waals surface area contributed by atoms with Crippen LogP contribution in [0.1, 0.15) is 17.3 Å². The van der Waals surface area contributed by atoms with E-state index in [1.54, 1.807) is 29.6 Å². The SMILES string of the molecule is CC(=O)c1cccc(NS(=O)(=O)c2sccc2Br)c1. The van der Waals surface area contributed by atoms with Gasteiger partial charge in [0.1, 0.15) is 0 Å². The van der Waals surface area contributed by atoms with Gasteiger partial charge in [-0.3, -0.25) is 9.52 Å². The van der Waals surface area contributed by atoms with Crippen LogP contribution in [0.25, 0.3) is 0 Å². The third kappa shape index (κ3) is 3.23. The first-order chi connectivity index (χ1) is 8.90. The molecule has 0 amide bonds. The molecule has 0 atom stereocenters. The number of Topliss-reactive ketones (excluding diaryl/α,β-unsaturated/α-hetero) is 1. The van der Waals surface area contributed by atoms with Crippen LogP contribution < -0.4 is 4.72 Å². The quantitative estimate of drug-likeness (QED) is 0.849. The second kappa shape index (κ2) is 5.44. The van der Waals surface area contributed by atoms with Crippen LogP contribution in [0.3, 0.4) is 0 Å². The molecule has 1 aromatic carbocycles. The van der Waals surface area contributed by atoms with Crippen molar-refractivity contribution in [2.24, 2.45) is 0 Å². The highest BCUT2D eigenvalue weighted by Gasteiger charge is 2.19. The number of thiophene rings is 1. The van der Waals surface area contributed by atoms with E-state index in [4.69, 9.17) is 0 Å². The van der Waals surface area contributed by atoms with Crippen molar-refractivity contribution in [1.82, 2.24) is 0 Å². The molecule has 1 N–H and O–H groups in total. The van der Waals surface area contributed by atoms with E-state index in [0.717, 1.165) is 11.3 Å². The zero-order valence-corrected chi connectivity index (χ0v) is 13.1. The van der Waals surface area contributed by atoms with Crippen molar-refractivity contribution in [2.75, 3.05) is 4.72 Å². The van der Waals surface area contributed by atoms with E-state index in [1.807, 2.05) is 0 Å².